The largest absolute Gasteiger partial charge is 0.477 e. The molecule has 1 saturated heterocycles. The zero-order valence-electron chi connectivity index (χ0n) is 22.1. The number of amides is 2. The van der Waals surface area contributed by atoms with E-state index in [1.165, 1.54) is 46.2 Å². The monoisotopic (exact) mass is 604 g/mol. The number of aromatic nitrogens is 2. The van der Waals surface area contributed by atoms with E-state index in [-0.39, 0.29) is 28.8 Å². The number of hydrogen-bond donors (Lipinski definition) is 3. The van der Waals surface area contributed by atoms with Gasteiger partial charge in [-0.2, -0.15) is 0 Å². The van der Waals surface area contributed by atoms with Gasteiger partial charge in [-0.15, -0.1) is 23.1 Å². The van der Waals surface area contributed by atoms with Gasteiger partial charge in [-0.1, -0.05) is 29.1 Å². The first-order valence-corrected chi connectivity index (χ1v) is 15.4. The molecule has 0 aromatic carbocycles. The first-order valence-electron chi connectivity index (χ1n) is 12.7. The maximum atomic E-state index is 13.2. The van der Waals surface area contributed by atoms with Crippen LogP contribution in [0.2, 0.25) is 0 Å². The minimum absolute atomic E-state index is 0.0226. The number of fused-ring (bicyclic) bond motifs is 2. The van der Waals surface area contributed by atoms with Crippen molar-refractivity contribution in [2.45, 2.75) is 37.1 Å². The van der Waals surface area contributed by atoms with Crippen molar-refractivity contribution >= 4 is 68.2 Å². The van der Waals surface area contributed by atoms with E-state index < -0.39 is 29.2 Å². The van der Waals surface area contributed by atoms with Crippen LogP contribution < -0.4 is 20.5 Å². The number of nitrogens with two attached hydrogens (primary N) is 1. The van der Waals surface area contributed by atoms with Crippen LogP contribution in [0.15, 0.2) is 34.5 Å². The molecule has 5 rings (SSSR count). The van der Waals surface area contributed by atoms with E-state index in [2.05, 4.69) is 38.6 Å². The number of aryl methyl sites for hydroxylation is 1. The van der Waals surface area contributed by atoms with E-state index in [4.69, 9.17) is 10.6 Å². The number of thioether (sulfide) groups is 1. The van der Waals surface area contributed by atoms with Crippen LogP contribution in [0.1, 0.15) is 29.1 Å². The Morgan fingerprint density at radius 2 is 2.20 bits per heavy atom. The van der Waals surface area contributed by atoms with Crippen molar-refractivity contribution in [3.63, 3.8) is 0 Å². The average Bonchev–Trinajstić information content (AvgIpc) is 3.52. The van der Waals surface area contributed by atoms with Gasteiger partial charge in [0.2, 0.25) is 0 Å². The third-order valence-electron chi connectivity index (χ3n) is 6.91. The molecule has 2 aliphatic heterocycles. The number of likely N-dealkylation sites (N-methyl/N-ethyl adjacent to an activating group) is 1. The van der Waals surface area contributed by atoms with E-state index in [0.717, 1.165) is 29.3 Å². The summed E-state index contributed by atoms with van der Waals surface area (Å²) >= 11 is 4.30. The lowest BCUT2D eigenvalue weighted by Gasteiger charge is -2.49. The summed E-state index contributed by atoms with van der Waals surface area (Å²) in [6.45, 7) is 3.99. The standard InChI is InChI=1S/C25H29N7O5S3/c1-4-9-37-29-17(14-12-39-24(26)27-14)20(33)28-18-21(34)32-19(23(35)36)13(11-38-22(18)32)10-30(2)25-31(3)15-7-5-6-8-16(15)40-25/h4,12,18,22H,1,5-11H2,2-3H3,(H3-,26,27,28,33,35,36)/p+1/b29-17+/t18-,22-/m1/s1. The van der Waals surface area contributed by atoms with Gasteiger partial charge in [-0.3, -0.25) is 19.4 Å². The number of oxime groups is 1. The molecule has 0 bridgehead atoms. The summed E-state index contributed by atoms with van der Waals surface area (Å²) in [5.41, 5.74) is 7.77. The maximum absolute atomic E-state index is 13.2. The molecular formula is C25H30N7O5S3+. The quantitative estimate of drug-likeness (QED) is 0.0908. The van der Waals surface area contributed by atoms with Crippen LogP contribution in [0.5, 0.6) is 0 Å². The number of carbonyl (C=O) groups excluding carboxylic acids is 2. The van der Waals surface area contributed by atoms with Crippen molar-refractivity contribution in [3.8, 4) is 0 Å². The predicted molar refractivity (Wildman–Crippen MR) is 154 cm³/mol. The van der Waals surface area contributed by atoms with E-state index in [1.807, 2.05) is 7.05 Å². The summed E-state index contributed by atoms with van der Waals surface area (Å²) < 4.78 is 2.20. The first-order chi connectivity index (χ1) is 19.2. The fourth-order valence-corrected chi connectivity index (χ4v) is 8.25. The van der Waals surface area contributed by atoms with E-state index in [0.29, 0.717) is 17.9 Å². The number of carbonyl (C=O) groups is 3. The molecule has 15 heteroatoms. The number of carboxylic acids is 1. The number of nitrogens with one attached hydrogen (secondary N) is 1. The van der Waals surface area contributed by atoms with Crippen molar-refractivity contribution in [2.24, 2.45) is 12.2 Å². The number of aliphatic carboxylic acids is 1. The number of thiazole rings is 2. The Morgan fingerprint density at radius 1 is 1.43 bits per heavy atom. The molecule has 2 atom stereocenters. The van der Waals surface area contributed by atoms with Gasteiger partial charge in [0.1, 0.15) is 41.7 Å². The van der Waals surface area contributed by atoms with Crippen molar-refractivity contribution in [2.75, 3.05) is 36.6 Å². The second kappa shape index (κ2) is 11.6. The van der Waals surface area contributed by atoms with Gasteiger partial charge < -0.3 is 21.0 Å². The van der Waals surface area contributed by atoms with E-state index in [1.54, 1.807) is 16.7 Å². The second-order valence-corrected chi connectivity index (χ2v) is 12.6. The number of nitrogen functional groups attached to an aromatic ring is 1. The van der Waals surface area contributed by atoms with Crippen LogP contribution in [0.3, 0.4) is 0 Å². The van der Waals surface area contributed by atoms with Gasteiger partial charge in [-0.05, 0) is 19.3 Å². The van der Waals surface area contributed by atoms with Gasteiger partial charge in [0.25, 0.3) is 11.8 Å². The van der Waals surface area contributed by atoms with Crippen LogP contribution >= 0.6 is 34.4 Å². The number of carboxylic acid groups (broad SMARTS) is 1. The molecule has 212 valence electrons. The molecule has 2 aromatic heterocycles. The van der Waals surface area contributed by atoms with Crippen molar-refractivity contribution in [3.05, 3.63) is 45.6 Å². The summed E-state index contributed by atoms with van der Waals surface area (Å²) in [7, 11) is 4.00. The highest BCUT2D eigenvalue weighted by Crippen LogP contribution is 2.41. The minimum Gasteiger partial charge on any atom is -0.477 e. The number of nitrogens with zero attached hydrogens (tertiary/aromatic N) is 5. The highest BCUT2D eigenvalue weighted by molar-refractivity contribution is 8.00. The summed E-state index contributed by atoms with van der Waals surface area (Å²) in [6.07, 6.45) is 5.96. The maximum Gasteiger partial charge on any atom is 0.352 e. The van der Waals surface area contributed by atoms with Crippen LogP contribution in [-0.2, 0) is 39.1 Å². The topological polar surface area (TPSA) is 154 Å². The lowest BCUT2D eigenvalue weighted by Crippen LogP contribution is -2.71. The molecule has 0 unspecified atom stereocenters. The molecule has 2 amide bonds. The fourth-order valence-electron chi connectivity index (χ4n) is 5.08. The fraction of sp³-hybridized carbons (Fsp3) is 0.440. The lowest BCUT2D eigenvalue weighted by molar-refractivity contribution is -0.662. The van der Waals surface area contributed by atoms with Crippen LogP contribution in [0, 0.1) is 0 Å². The Balaban J connectivity index is 1.33. The van der Waals surface area contributed by atoms with Gasteiger partial charge in [-0.25, -0.2) is 14.3 Å². The molecule has 4 N–H and O–H groups in total. The van der Waals surface area contributed by atoms with Crippen molar-refractivity contribution in [1.82, 2.24) is 15.2 Å². The van der Waals surface area contributed by atoms with Gasteiger partial charge in [0.05, 0.1) is 19.0 Å². The molecule has 12 nitrogen and oxygen atoms in total. The molecule has 3 aliphatic rings. The van der Waals surface area contributed by atoms with Crippen molar-refractivity contribution < 1.29 is 28.9 Å². The first kappa shape index (κ1) is 28.1. The predicted octanol–water partition coefficient (Wildman–Crippen LogP) is 1.27. The Kier molecular flexibility index (Phi) is 8.14. The summed E-state index contributed by atoms with van der Waals surface area (Å²) in [4.78, 5) is 52.7. The number of hydrogen-bond acceptors (Lipinski definition) is 11. The minimum atomic E-state index is -1.17. The molecule has 0 radical (unpaired) electrons. The summed E-state index contributed by atoms with van der Waals surface area (Å²) in [5.74, 6) is -1.93. The van der Waals surface area contributed by atoms with Crippen molar-refractivity contribution in [1.29, 1.82) is 0 Å². The van der Waals surface area contributed by atoms with E-state index in [9.17, 15) is 19.5 Å². The van der Waals surface area contributed by atoms with Crippen LogP contribution in [0.25, 0.3) is 0 Å². The zero-order valence-corrected chi connectivity index (χ0v) is 24.5. The zero-order chi connectivity index (χ0) is 28.6. The molecular weight excluding hydrogens is 575 g/mol. The Morgan fingerprint density at radius 3 is 2.88 bits per heavy atom. The Labute approximate surface area is 243 Å². The smallest absolute Gasteiger partial charge is 0.352 e. The second-order valence-electron chi connectivity index (χ2n) is 9.59. The molecule has 1 fully saturated rings. The van der Waals surface area contributed by atoms with Gasteiger partial charge >= 0.3 is 11.1 Å². The number of rotatable bonds is 10. The summed E-state index contributed by atoms with van der Waals surface area (Å²) in [5, 5.41) is 19.0. The van der Waals surface area contributed by atoms with E-state index >= 15 is 0 Å². The Bertz CT molecular complexity index is 1430. The molecule has 1 aliphatic carbocycles. The van der Waals surface area contributed by atoms with Crippen LogP contribution in [-0.4, -0.2) is 75.9 Å². The summed E-state index contributed by atoms with van der Waals surface area (Å²) in [6, 6.07) is -0.923. The van der Waals surface area contributed by atoms with Gasteiger partial charge in [0, 0.05) is 23.1 Å². The molecule has 40 heavy (non-hydrogen) atoms. The molecule has 0 spiro atoms. The average molecular weight is 605 g/mol. The highest BCUT2D eigenvalue weighted by Gasteiger charge is 2.54. The number of anilines is 2. The normalized spacial score (nSPS) is 20.4. The number of β-lactam (4-membered cyclic amide) rings is 1. The van der Waals surface area contributed by atoms with Gasteiger partial charge in [0.15, 0.2) is 10.8 Å². The Hall–Kier alpha value is -3.43. The lowest BCUT2D eigenvalue weighted by atomic mass is 10.0. The van der Waals surface area contributed by atoms with Crippen LogP contribution in [0.4, 0.5) is 10.3 Å². The SMILES string of the molecule is C=CCO/N=C(/C(=O)N[C@@H]1C(=O)N2C(C(=O)O)=C(CN(C)c3sc4c([n+]3C)CCCC4)CS[C@H]12)c1csc(N)n1. The molecule has 2 aromatic rings. The molecule has 4 heterocycles. The highest BCUT2D eigenvalue weighted by atomic mass is 32.2. The third-order valence-corrected chi connectivity index (χ3v) is 10.4. The third kappa shape index (κ3) is 5.20. The molecule has 0 saturated carbocycles.